The summed E-state index contributed by atoms with van der Waals surface area (Å²) in [4.78, 5) is 29.9. The molecule has 0 radical (unpaired) electrons. The molecule has 2 aliphatic carbocycles. The second kappa shape index (κ2) is 8.42. The molecule has 3 aliphatic heterocycles. The molecule has 6 heteroatoms. The lowest BCUT2D eigenvalue weighted by Gasteiger charge is -2.44. The highest BCUT2D eigenvalue weighted by Crippen LogP contribution is 2.42. The summed E-state index contributed by atoms with van der Waals surface area (Å²) in [5, 5.41) is 3.87. The Balaban J connectivity index is 1.07. The number of ether oxygens (including phenoxy) is 1. The molecule has 1 N–H and O–H groups in total. The van der Waals surface area contributed by atoms with Crippen LogP contribution in [0.2, 0.25) is 0 Å². The van der Waals surface area contributed by atoms with Gasteiger partial charge in [-0.2, -0.15) is 0 Å². The Kier molecular flexibility index (Phi) is 5.82. The minimum absolute atomic E-state index is 0.123. The van der Waals surface area contributed by atoms with E-state index in [1.807, 2.05) is 9.80 Å². The molecule has 6 nitrogen and oxygen atoms in total. The summed E-state index contributed by atoms with van der Waals surface area (Å²) < 4.78 is 5.82. The van der Waals surface area contributed by atoms with Crippen molar-refractivity contribution in [1.29, 1.82) is 0 Å². The van der Waals surface area contributed by atoms with Crippen LogP contribution in [0.3, 0.4) is 0 Å². The van der Waals surface area contributed by atoms with Crippen LogP contribution in [0.25, 0.3) is 0 Å². The Labute approximate surface area is 181 Å². The lowest BCUT2D eigenvalue weighted by Crippen LogP contribution is -2.56. The SMILES string of the molecule is CC1(C(=O)N2CCN(C(=O)C3CCC(C4CCC5OCCC5N4)CC3)CC2)CCC1. The van der Waals surface area contributed by atoms with Crippen molar-refractivity contribution in [3.8, 4) is 0 Å². The maximum Gasteiger partial charge on any atom is 0.228 e. The minimum Gasteiger partial charge on any atom is -0.377 e. The van der Waals surface area contributed by atoms with Crippen LogP contribution < -0.4 is 5.32 Å². The number of hydrogen-bond acceptors (Lipinski definition) is 4. The van der Waals surface area contributed by atoms with Crippen LogP contribution in [0.4, 0.5) is 0 Å². The van der Waals surface area contributed by atoms with Crippen molar-refractivity contribution < 1.29 is 14.3 Å². The first kappa shape index (κ1) is 20.7. The molecule has 3 unspecified atom stereocenters. The number of amides is 2. The molecule has 2 amide bonds. The maximum atomic E-state index is 13.1. The molecule has 5 fully saturated rings. The zero-order valence-electron chi connectivity index (χ0n) is 18.6. The van der Waals surface area contributed by atoms with E-state index >= 15 is 0 Å². The van der Waals surface area contributed by atoms with E-state index in [0.717, 1.165) is 38.7 Å². The van der Waals surface area contributed by atoms with Crippen molar-refractivity contribution >= 4 is 11.8 Å². The van der Waals surface area contributed by atoms with Crippen LogP contribution in [0.15, 0.2) is 0 Å². The summed E-state index contributed by atoms with van der Waals surface area (Å²) in [7, 11) is 0. The van der Waals surface area contributed by atoms with Gasteiger partial charge in [0.25, 0.3) is 0 Å². The van der Waals surface area contributed by atoms with Crippen LogP contribution in [-0.2, 0) is 14.3 Å². The largest absolute Gasteiger partial charge is 0.377 e. The molecular formula is C24H39N3O3. The van der Waals surface area contributed by atoms with Crippen molar-refractivity contribution in [3.63, 3.8) is 0 Å². The molecule has 30 heavy (non-hydrogen) atoms. The fourth-order valence-electron chi connectivity index (χ4n) is 6.66. The Hall–Kier alpha value is -1.14. The van der Waals surface area contributed by atoms with E-state index < -0.39 is 0 Å². The van der Waals surface area contributed by atoms with Crippen molar-refractivity contribution in [2.45, 2.75) is 89.3 Å². The molecule has 168 valence electrons. The average molecular weight is 418 g/mol. The van der Waals surface area contributed by atoms with Crippen LogP contribution in [0, 0.1) is 17.3 Å². The number of rotatable bonds is 3. The van der Waals surface area contributed by atoms with Crippen molar-refractivity contribution in [1.82, 2.24) is 15.1 Å². The lowest BCUT2D eigenvalue weighted by molar-refractivity contribution is -0.151. The van der Waals surface area contributed by atoms with E-state index in [9.17, 15) is 9.59 Å². The molecule has 3 heterocycles. The zero-order valence-corrected chi connectivity index (χ0v) is 18.6. The number of nitrogens with one attached hydrogen (secondary N) is 1. The number of piperidine rings is 1. The fourth-order valence-corrected chi connectivity index (χ4v) is 6.66. The van der Waals surface area contributed by atoms with Gasteiger partial charge >= 0.3 is 0 Å². The van der Waals surface area contributed by atoms with E-state index in [1.165, 1.54) is 32.1 Å². The quantitative estimate of drug-likeness (QED) is 0.767. The highest BCUT2D eigenvalue weighted by molar-refractivity contribution is 5.84. The average Bonchev–Trinajstić information content (AvgIpc) is 3.24. The molecule has 3 saturated heterocycles. The van der Waals surface area contributed by atoms with Gasteiger partial charge in [-0.05, 0) is 63.7 Å². The second-order valence-corrected chi connectivity index (χ2v) is 10.8. The summed E-state index contributed by atoms with van der Waals surface area (Å²) >= 11 is 0. The number of nitrogens with zero attached hydrogens (tertiary/aromatic N) is 2. The van der Waals surface area contributed by atoms with E-state index in [-0.39, 0.29) is 11.3 Å². The van der Waals surface area contributed by atoms with Crippen molar-refractivity contribution in [3.05, 3.63) is 0 Å². The Morgan fingerprint density at radius 3 is 2.23 bits per heavy atom. The molecule has 0 bridgehead atoms. The minimum atomic E-state index is -0.123. The van der Waals surface area contributed by atoms with E-state index in [4.69, 9.17) is 4.74 Å². The normalized spacial score (nSPS) is 38.6. The summed E-state index contributed by atoms with van der Waals surface area (Å²) in [5.41, 5.74) is -0.123. The predicted octanol–water partition coefficient (Wildman–Crippen LogP) is 2.56. The van der Waals surface area contributed by atoms with Crippen LogP contribution in [0.5, 0.6) is 0 Å². The predicted molar refractivity (Wildman–Crippen MR) is 115 cm³/mol. The molecule has 3 atom stereocenters. The van der Waals surface area contributed by atoms with Gasteiger partial charge in [0.05, 0.1) is 6.10 Å². The van der Waals surface area contributed by atoms with Gasteiger partial charge in [-0.3, -0.25) is 9.59 Å². The molecule has 0 aromatic heterocycles. The van der Waals surface area contributed by atoms with Gasteiger partial charge in [0.2, 0.25) is 11.8 Å². The first-order chi connectivity index (χ1) is 14.5. The van der Waals surface area contributed by atoms with Crippen LogP contribution in [0.1, 0.15) is 71.1 Å². The molecule has 5 rings (SSSR count). The summed E-state index contributed by atoms with van der Waals surface area (Å²) in [6, 6.07) is 1.18. The Bertz CT molecular complexity index is 648. The number of hydrogen-bond donors (Lipinski definition) is 1. The van der Waals surface area contributed by atoms with Gasteiger partial charge < -0.3 is 19.9 Å². The van der Waals surface area contributed by atoms with Crippen molar-refractivity contribution in [2.24, 2.45) is 17.3 Å². The van der Waals surface area contributed by atoms with Crippen molar-refractivity contribution in [2.75, 3.05) is 32.8 Å². The summed E-state index contributed by atoms with van der Waals surface area (Å²) in [5.74, 6) is 1.57. The molecule has 0 aromatic carbocycles. The monoisotopic (exact) mass is 417 g/mol. The maximum absolute atomic E-state index is 13.1. The number of carbonyl (C=O) groups excluding carboxylic acids is 2. The number of carbonyl (C=O) groups is 2. The van der Waals surface area contributed by atoms with Gasteiger partial charge in [0.1, 0.15) is 0 Å². The third-order valence-corrected chi connectivity index (χ3v) is 8.94. The molecule has 5 aliphatic rings. The first-order valence-electron chi connectivity index (χ1n) is 12.5. The topological polar surface area (TPSA) is 61.9 Å². The van der Waals surface area contributed by atoms with E-state index in [2.05, 4.69) is 12.2 Å². The van der Waals surface area contributed by atoms with Gasteiger partial charge in [-0.1, -0.05) is 13.3 Å². The standard InChI is InChI=1S/C24H39N3O3/c1-24(10-2-11-24)23(29)27-14-12-26(13-15-27)22(28)18-5-3-17(4-6-18)19-7-8-21-20(25-19)9-16-30-21/h17-21,25H,2-16H2,1H3. The Morgan fingerprint density at radius 1 is 0.867 bits per heavy atom. The Morgan fingerprint density at radius 2 is 1.57 bits per heavy atom. The number of fused-ring (bicyclic) bond motifs is 1. The lowest BCUT2D eigenvalue weighted by atomic mass is 9.69. The highest BCUT2D eigenvalue weighted by Gasteiger charge is 2.43. The first-order valence-corrected chi connectivity index (χ1v) is 12.5. The van der Waals surface area contributed by atoms with E-state index in [1.54, 1.807) is 0 Å². The summed E-state index contributed by atoms with van der Waals surface area (Å²) in [6.07, 6.45) is 11.6. The van der Waals surface area contributed by atoms with E-state index in [0.29, 0.717) is 62.1 Å². The molecule has 0 spiro atoms. The van der Waals surface area contributed by atoms with Gasteiger partial charge in [-0.15, -0.1) is 0 Å². The van der Waals surface area contributed by atoms with Crippen LogP contribution >= 0.6 is 0 Å². The van der Waals surface area contributed by atoms with Gasteiger partial charge in [0.15, 0.2) is 0 Å². The highest BCUT2D eigenvalue weighted by atomic mass is 16.5. The van der Waals surface area contributed by atoms with Crippen LogP contribution in [-0.4, -0.2) is 72.6 Å². The third kappa shape index (κ3) is 3.90. The smallest absolute Gasteiger partial charge is 0.228 e. The van der Waals surface area contributed by atoms with Gasteiger partial charge in [-0.25, -0.2) is 0 Å². The fraction of sp³-hybridized carbons (Fsp3) is 0.917. The zero-order chi connectivity index (χ0) is 20.7. The van der Waals surface area contributed by atoms with Gasteiger partial charge in [0, 0.05) is 56.2 Å². The summed E-state index contributed by atoms with van der Waals surface area (Å²) in [6.45, 7) is 5.88. The molecule has 2 saturated carbocycles. The third-order valence-electron chi connectivity index (χ3n) is 8.94. The molecular weight excluding hydrogens is 378 g/mol. The molecule has 0 aromatic rings. The number of piperazine rings is 1. The second-order valence-electron chi connectivity index (χ2n) is 10.8.